The summed E-state index contributed by atoms with van der Waals surface area (Å²) in [5, 5.41) is 1.11. The molecule has 0 spiro atoms. The van der Waals surface area contributed by atoms with Gasteiger partial charge >= 0.3 is 0 Å². The zero-order valence-corrected chi connectivity index (χ0v) is 11.0. The van der Waals surface area contributed by atoms with Crippen LogP contribution in [0.5, 0.6) is 0 Å². The van der Waals surface area contributed by atoms with Crippen molar-refractivity contribution in [1.82, 2.24) is 4.98 Å². The molecule has 16 heavy (non-hydrogen) atoms. The van der Waals surface area contributed by atoms with Crippen molar-refractivity contribution in [2.75, 3.05) is 5.88 Å². The molecule has 1 aromatic heterocycles. The minimum atomic E-state index is 0.663. The molecule has 0 saturated carbocycles. The molecule has 1 aromatic carbocycles. The minimum absolute atomic E-state index is 0.663. The second kappa shape index (κ2) is 4.98. The van der Waals surface area contributed by atoms with Crippen molar-refractivity contribution in [3.63, 3.8) is 0 Å². The number of hydrogen-bond acceptors (Lipinski definition) is 2. The van der Waals surface area contributed by atoms with Gasteiger partial charge in [0.05, 0.1) is 5.69 Å². The third-order valence-electron chi connectivity index (χ3n) is 2.59. The lowest BCUT2D eigenvalue weighted by atomic mass is 10.1. The molecular formula is C13H14ClNS. The van der Waals surface area contributed by atoms with E-state index in [0.717, 1.165) is 17.1 Å². The van der Waals surface area contributed by atoms with E-state index in [2.05, 4.69) is 43.1 Å². The SMILES string of the molecule is Cc1ccccc1-c1nc(C)c(CCCl)s1. The number of benzene rings is 1. The van der Waals surface area contributed by atoms with Crippen LogP contribution in [0.2, 0.25) is 0 Å². The van der Waals surface area contributed by atoms with E-state index in [1.165, 1.54) is 16.0 Å². The van der Waals surface area contributed by atoms with Gasteiger partial charge in [0.1, 0.15) is 5.01 Å². The van der Waals surface area contributed by atoms with Gasteiger partial charge in [-0.25, -0.2) is 4.98 Å². The molecule has 0 aliphatic carbocycles. The van der Waals surface area contributed by atoms with Gasteiger partial charge in [0, 0.05) is 16.3 Å². The highest BCUT2D eigenvalue weighted by Crippen LogP contribution is 2.30. The van der Waals surface area contributed by atoms with Gasteiger partial charge in [-0.2, -0.15) is 0 Å². The highest BCUT2D eigenvalue weighted by Gasteiger charge is 2.10. The van der Waals surface area contributed by atoms with Crippen LogP contribution in [0.3, 0.4) is 0 Å². The summed E-state index contributed by atoms with van der Waals surface area (Å²) in [6, 6.07) is 8.35. The van der Waals surface area contributed by atoms with Gasteiger partial charge in [-0.1, -0.05) is 24.3 Å². The molecule has 0 radical (unpaired) electrons. The summed E-state index contributed by atoms with van der Waals surface area (Å²) >= 11 is 7.53. The Balaban J connectivity index is 2.42. The van der Waals surface area contributed by atoms with E-state index in [-0.39, 0.29) is 0 Å². The van der Waals surface area contributed by atoms with Crippen molar-refractivity contribution in [3.05, 3.63) is 40.4 Å². The maximum atomic E-state index is 5.77. The predicted molar refractivity (Wildman–Crippen MR) is 71.4 cm³/mol. The lowest BCUT2D eigenvalue weighted by Gasteiger charge is -1.99. The molecular weight excluding hydrogens is 238 g/mol. The Bertz CT molecular complexity index is 490. The summed E-state index contributed by atoms with van der Waals surface area (Å²) in [7, 11) is 0. The van der Waals surface area contributed by atoms with E-state index in [1.54, 1.807) is 11.3 Å². The largest absolute Gasteiger partial charge is 0.241 e. The van der Waals surface area contributed by atoms with Crippen molar-refractivity contribution < 1.29 is 0 Å². The number of nitrogens with zero attached hydrogens (tertiary/aromatic N) is 1. The Labute approximate surface area is 105 Å². The monoisotopic (exact) mass is 251 g/mol. The van der Waals surface area contributed by atoms with E-state index in [9.17, 15) is 0 Å². The fraction of sp³-hybridized carbons (Fsp3) is 0.308. The first kappa shape index (κ1) is 11.6. The van der Waals surface area contributed by atoms with Crippen LogP contribution in [-0.2, 0) is 6.42 Å². The van der Waals surface area contributed by atoms with E-state index in [1.807, 2.05) is 0 Å². The quantitative estimate of drug-likeness (QED) is 0.745. The van der Waals surface area contributed by atoms with Gasteiger partial charge < -0.3 is 0 Å². The van der Waals surface area contributed by atoms with E-state index in [4.69, 9.17) is 11.6 Å². The molecule has 0 unspecified atom stereocenters. The predicted octanol–water partition coefficient (Wildman–Crippen LogP) is 4.21. The fourth-order valence-corrected chi connectivity index (χ4v) is 3.13. The van der Waals surface area contributed by atoms with Crippen LogP contribution in [0.25, 0.3) is 10.6 Å². The average Bonchev–Trinajstić information content (AvgIpc) is 2.61. The van der Waals surface area contributed by atoms with Crippen molar-refractivity contribution >= 4 is 22.9 Å². The van der Waals surface area contributed by atoms with Crippen LogP contribution >= 0.6 is 22.9 Å². The van der Waals surface area contributed by atoms with Crippen LogP contribution in [-0.4, -0.2) is 10.9 Å². The number of hydrogen-bond donors (Lipinski definition) is 0. The van der Waals surface area contributed by atoms with Crippen molar-refractivity contribution in [1.29, 1.82) is 0 Å². The number of rotatable bonds is 3. The van der Waals surface area contributed by atoms with Gasteiger partial charge in [-0.3, -0.25) is 0 Å². The van der Waals surface area contributed by atoms with Gasteiger partial charge in [0.2, 0.25) is 0 Å². The highest BCUT2D eigenvalue weighted by atomic mass is 35.5. The molecule has 0 aliphatic rings. The van der Waals surface area contributed by atoms with Crippen molar-refractivity contribution in [3.8, 4) is 10.6 Å². The molecule has 3 heteroatoms. The van der Waals surface area contributed by atoms with Gasteiger partial charge in [-0.15, -0.1) is 22.9 Å². The van der Waals surface area contributed by atoms with E-state index >= 15 is 0 Å². The first-order chi connectivity index (χ1) is 7.72. The first-order valence-corrected chi connectivity index (χ1v) is 6.65. The summed E-state index contributed by atoms with van der Waals surface area (Å²) in [5.74, 6) is 0.663. The number of thiazole rings is 1. The summed E-state index contributed by atoms with van der Waals surface area (Å²) in [5.41, 5.74) is 3.62. The molecule has 2 aromatic rings. The van der Waals surface area contributed by atoms with Gasteiger partial charge in [-0.05, 0) is 25.8 Å². The summed E-state index contributed by atoms with van der Waals surface area (Å²) in [4.78, 5) is 5.92. The second-order valence-electron chi connectivity index (χ2n) is 3.78. The average molecular weight is 252 g/mol. The van der Waals surface area contributed by atoms with Gasteiger partial charge in [0.25, 0.3) is 0 Å². The number of halogens is 1. The molecule has 1 nitrogen and oxygen atoms in total. The fourth-order valence-electron chi connectivity index (χ4n) is 1.67. The summed E-state index contributed by atoms with van der Waals surface area (Å²) in [6.07, 6.45) is 0.914. The molecule has 2 rings (SSSR count). The van der Waals surface area contributed by atoms with Crippen LogP contribution < -0.4 is 0 Å². The standard InChI is InChI=1S/C13H14ClNS/c1-9-5-3-4-6-11(9)13-15-10(2)12(16-13)7-8-14/h3-6H,7-8H2,1-2H3. The zero-order valence-electron chi connectivity index (χ0n) is 9.46. The lowest BCUT2D eigenvalue weighted by molar-refractivity contribution is 1.12. The number of aryl methyl sites for hydroxylation is 3. The molecule has 0 bridgehead atoms. The van der Waals surface area contributed by atoms with Crippen LogP contribution in [0.1, 0.15) is 16.1 Å². The van der Waals surface area contributed by atoms with Crippen LogP contribution in [0, 0.1) is 13.8 Å². The minimum Gasteiger partial charge on any atom is -0.241 e. The van der Waals surface area contributed by atoms with Crippen LogP contribution in [0.4, 0.5) is 0 Å². The normalized spacial score (nSPS) is 10.7. The third-order valence-corrected chi connectivity index (χ3v) is 4.03. The molecule has 0 amide bonds. The first-order valence-electron chi connectivity index (χ1n) is 5.30. The topological polar surface area (TPSA) is 12.9 Å². The summed E-state index contributed by atoms with van der Waals surface area (Å²) < 4.78 is 0. The molecule has 84 valence electrons. The molecule has 0 N–H and O–H groups in total. The molecule has 0 fully saturated rings. The Hall–Kier alpha value is -0.860. The van der Waals surface area contributed by atoms with E-state index in [0.29, 0.717) is 5.88 Å². The molecule has 1 heterocycles. The maximum absolute atomic E-state index is 5.77. The molecule has 0 aliphatic heterocycles. The number of aromatic nitrogens is 1. The lowest BCUT2D eigenvalue weighted by Crippen LogP contribution is -1.84. The second-order valence-corrected chi connectivity index (χ2v) is 5.24. The van der Waals surface area contributed by atoms with Crippen molar-refractivity contribution in [2.24, 2.45) is 0 Å². The highest BCUT2D eigenvalue weighted by molar-refractivity contribution is 7.15. The number of alkyl halides is 1. The Morgan fingerprint density at radius 3 is 2.69 bits per heavy atom. The van der Waals surface area contributed by atoms with Crippen LogP contribution in [0.15, 0.2) is 24.3 Å². The van der Waals surface area contributed by atoms with Gasteiger partial charge in [0.15, 0.2) is 0 Å². The molecule has 0 atom stereocenters. The van der Waals surface area contributed by atoms with E-state index < -0.39 is 0 Å². The van der Waals surface area contributed by atoms with Crippen molar-refractivity contribution in [2.45, 2.75) is 20.3 Å². The summed E-state index contributed by atoms with van der Waals surface area (Å²) in [6.45, 7) is 4.17. The Kier molecular flexibility index (Phi) is 3.62. The smallest absolute Gasteiger partial charge is 0.124 e. The Morgan fingerprint density at radius 1 is 1.25 bits per heavy atom. The Morgan fingerprint density at radius 2 is 2.00 bits per heavy atom. The zero-order chi connectivity index (χ0) is 11.5. The third kappa shape index (κ3) is 2.28. The molecule has 0 saturated heterocycles. The maximum Gasteiger partial charge on any atom is 0.124 e.